The van der Waals surface area contributed by atoms with Gasteiger partial charge in [-0.2, -0.15) is 0 Å². The predicted octanol–water partition coefficient (Wildman–Crippen LogP) is 8.46. The standard InChI is InChI=1S/C52H79N5O6S/c1-13-36(7)48(56(10)52(61)41(34(3)4)32-44(58)47(35(5)6)55(9)29-26-39-24-22-38(14-2)23-25-39)45(62-11)33-46(59)57-28-18-21-43(57)49(63-12)37(8)50(60)54-42(51-53-27-30-64-51)31-40-19-16-15-17-20-40/h15-17,19-20,22-25,27,30,34-37,41-43,45,47-49H,13-14,18,21,26,28-29,31-33H2,1-12H3,(H,54,60)/t36-,37+,41-,42-,43-,45+,47-,48-,49+/m0/s1. The van der Waals surface area contributed by atoms with Crippen molar-refractivity contribution < 1.29 is 28.7 Å². The lowest BCUT2D eigenvalue weighted by molar-refractivity contribution is -0.149. The molecule has 0 spiro atoms. The second-order valence-corrected chi connectivity index (χ2v) is 19.7. The first-order valence-electron chi connectivity index (χ1n) is 23.7. The number of rotatable bonds is 26. The highest BCUT2D eigenvalue weighted by Crippen LogP contribution is 2.32. The summed E-state index contributed by atoms with van der Waals surface area (Å²) in [5, 5.41) is 6.00. The number of hydrogen-bond donors (Lipinski definition) is 1. The van der Waals surface area contributed by atoms with Gasteiger partial charge in [-0.05, 0) is 73.6 Å². The van der Waals surface area contributed by atoms with Gasteiger partial charge in [0.25, 0.3) is 0 Å². The summed E-state index contributed by atoms with van der Waals surface area (Å²) < 4.78 is 12.2. The van der Waals surface area contributed by atoms with Crippen LogP contribution in [0.5, 0.6) is 0 Å². The summed E-state index contributed by atoms with van der Waals surface area (Å²) in [5.41, 5.74) is 3.64. The molecule has 1 fully saturated rings. The maximum absolute atomic E-state index is 14.7. The smallest absolute Gasteiger partial charge is 0.226 e. The predicted molar refractivity (Wildman–Crippen MR) is 258 cm³/mol. The fourth-order valence-electron chi connectivity index (χ4n) is 9.79. The summed E-state index contributed by atoms with van der Waals surface area (Å²) in [4.78, 5) is 67.7. The minimum Gasteiger partial charge on any atom is -0.379 e. The molecule has 4 rings (SSSR count). The van der Waals surface area contributed by atoms with Crippen LogP contribution >= 0.6 is 11.3 Å². The lowest BCUT2D eigenvalue weighted by Gasteiger charge is -2.41. The van der Waals surface area contributed by atoms with Gasteiger partial charge in [-0.25, -0.2) is 4.98 Å². The summed E-state index contributed by atoms with van der Waals surface area (Å²) in [6.45, 7) is 17.7. The summed E-state index contributed by atoms with van der Waals surface area (Å²) in [6, 6.07) is 17.4. The first-order valence-corrected chi connectivity index (χ1v) is 24.6. The topological polar surface area (TPSA) is 121 Å². The van der Waals surface area contributed by atoms with Gasteiger partial charge in [-0.1, -0.05) is 116 Å². The number of ether oxygens (including phenoxy) is 2. The molecule has 2 heterocycles. The minimum absolute atomic E-state index is 0.00244. The van der Waals surface area contributed by atoms with Crippen molar-refractivity contribution in [2.24, 2.45) is 29.6 Å². The number of carbonyl (C=O) groups is 4. The summed E-state index contributed by atoms with van der Waals surface area (Å²) in [6.07, 6.45) is 5.51. The average molecular weight is 902 g/mol. The Balaban J connectivity index is 1.46. The number of aromatic nitrogens is 1. The minimum atomic E-state index is -0.596. The molecule has 3 amide bonds. The van der Waals surface area contributed by atoms with Crippen molar-refractivity contribution in [2.75, 3.05) is 41.4 Å². The highest BCUT2D eigenvalue weighted by atomic mass is 32.1. The van der Waals surface area contributed by atoms with Crippen LogP contribution in [0.1, 0.15) is 115 Å². The van der Waals surface area contributed by atoms with Gasteiger partial charge < -0.3 is 24.6 Å². The van der Waals surface area contributed by atoms with Gasteiger partial charge in [0.05, 0.1) is 48.7 Å². The number of likely N-dealkylation sites (tertiary alicyclic amines) is 1. The highest BCUT2D eigenvalue weighted by Gasteiger charge is 2.43. The number of ketones is 1. The molecule has 1 saturated heterocycles. The third-order valence-corrected chi connectivity index (χ3v) is 14.7. The Hall–Kier alpha value is -3.97. The van der Waals surface area contributed by atoms with Crippen LogP contribution in [0, 0.1) is 29.6 Å². The SMILES string of the molecule is CCc1ccc(CCN(C)[C@H](C(=O)C[C@H](C(=O)N(C)[C@@H]([C@@H](C)CC)[C@@H](CC(=O)N2CCC[C@H]2[C@H](OC)[C@@H](C)C(=O)N[C@@H](Cc2ccccc2)c2nccs2)OC)C(C)C)C(C)C)cc1. The van der Waals surface area contributed by atoms with Crippen LogP contribution in [0.2, 0.25) is 0 Å². The van der Waals surface area contributed by atoms with Gasteiger partial charge in [0.1, 0.15) is 5.01 Å². The first-order chi connectivity index (χ1) is 30.6. The number of benzene rings is 2. The molecule has 1 N–H and O–H groups in total. The Morgan fingerprint density at radius 1 is 0.875 bits per heavy atom. The molecule has 0 aliphatic carbocycles. The van der Waals surface area contributed by atoms with E-state index in [-0.39, 0.29) is 72.2 Å². The van der Waals surface area contributed by atoms with Crippen molar-refractivity contribution in [3.8, 4) is 0 Å². The van der Waals surface area contributed by atoms with Crippen molar-refractivity contribution in [1.82, 2.24) is 25.0 Å². The maximum atomic E-state index is 14.7. The van der Waals surface area contributed by atoms with Gasteiger partial charge in [0.15, 0.2) is 5.78 Å². The number of nitrogens with zero attached hydrogens (tertiary/aromatic N) is 4. The number of hydrogen-bond acceptors (Lipinski definition) is 9. The average Bonchev–Trinajstić information content (AvgIpc) is 4.01. The zero-order valence-corrected chi connectivity index (χ0v) is 41.7. The van der Waals surface area contributed by atoms with Gasteiger partial charge in [-0.3, -0.25) is 24.1 Å². The van der Waals surface area contributed by atoms with E-state index in [1.807, 2.05) is 75.5 Å². The zero-order valence-electron chi connectivity index (χ0n) is 40.9. The summed E-state index contributed by atoms with van der Waals surface area (Å²) >= 11 is 1.51. The largest absolute Gasteiger partial charge is 0.379 e. The van der Waals surface area contributed by atoms with Gasteiger partial charge >= 0.3 is 0 Å². The van der Waals surface area contributed by atoms with Gasteiger partial charge in [-0.15, -0.1) is 11.3 Å². The summed E-state index contributed by atoms with van der Waals surface area (Å²) in [5.74, 6) is -1.38. The van der Waals surface area contributed by atoms with E-state index in [2.05, 4.69) is 74.1 Å². The Bertz CT molecular complexity index is 1870. The third kappa shape index (κ3) is 14.0. The molecule has 0 saturated carbocycles. The van der Waals surface area contributed by atoms with Gasteiger partial charge in [0.2, 0.25) is 17.7 Å². The molecule has 11 nitrogen and oxygen atoms in total. The molecule has 1 aliphatic heterocycles. The molecule has 1 aromatic heterocycles. The maximum Gasteiger partial charge on any atom is 0.226 e. The van der Waals surface area contributed by atoms with E-state index in [1.165, 1.54) is 22.5 Å². The third-order valence-electron chi connectivity index (χ3n) is 13.8. The molecule has 354 valence electrons. The van der Waals surface area contributed by atoms with Crippen LogP contribution in [0.4, 0.5) is 0 Å². The fourth-order valence-corrected chi connectivity index (χ4v) is 10.5. The Labute approximate surface area is 389 Å². The van der Waals surface area contributed by atoms with Crippen molar-refractivity contribution in [3.05, 3.63) is 87.9 Å². The number of carbonyl (C=O) groups excluding carboxylic acids is 4. The second kappa shape index (κ2) is 25.7. The van der Waals surface area contributed by atoms with Crippen LogP contribution in [-0.4, -0.2) is 115 Å². The number of thiazole rings is 1. The molecule has 12 heteroatoms. The van der Waals surface area contributed by atoms with Crippen LogP contribution in [0.25, 0.3) is 0 Å². The van der Waals surface area contributed by atoms with E-state index in [9.17, 15) is 19.2 Å². The molecule has 0 bridgehead atoms. The van der Waals surface area contributed by atoms with Crippen LogP contribution in [0.15, 0.2) is 66.2 Å². The van der Waals surface area contributed by atoms with E-state index < -0.39 is 30.1 Å². The molecule has 0 radical (unpaired) electrons. The van der Waals surface area contributed by atoms with E-state index in [4.69, 9.17) is 9.47 Å². The normalized spacial score (nSPS) is 18.0. The number of aryl methyl sites for hydroxylation is 1. The lowest BCUT2D eigenvalue weighted by Crippen LogP contribution is -2.54. The van der Waals surface area contributed by atoms with E-state index in [1.54, 1.807) is 25.3 Å². The number of nitrogens with one attached hydrogen (secondary N) is 1. The van der Waals surface area contributed by atoms with Crippen molar-refractivity contribution >= 4 is 34.8 Å². The Morgan fingerprint density at radius 3 is 2.11 bits per heavy atom. The number of likely N-dealkylation sites (N-methyl/N-ethyl adjacent to an activating group) is 2. The molecule has 0 unspecified atom stereocenters. The number of amides is 3. The van der Waals surface area contributed by atoms with E-state index in [0.29, 0.717) is 19.4 Å². The fraction of sp³-hybridized carbons (Fsp3) is 0.635. The molecule has 64 heavy (non-hydrogen) atoms. The molecule has 1 aliphatic rings. The summed E-state index contributed by atoms with van der Waals surface area (Å²) in [7, 11) is 7.04. The number of methoxy groups -OCH3 is 2. The number of Topliss-reactive ketones (excluding diaryl/α,β-unsaturated/α-hetero) is 1. The molecular formula is C52H79N5O6S. The van der Waals surface area contributed by atoms with Crippen LogP contribution in [0.3, 0.4) is 0 Å². The quantitative estimate of drug-likeness (QED) is 0.0853. The second-order valence-electron chi connectivity index (χ2n) is 18.8. The Kier molecular flexibility index (Phi) is 21.1. The van der Waals surface area contributed by atoms with Crippen molar-refractivity contribution in [3.63, 3.8) is 0 Å². The highest BCUT2D eigenvalue weighted by molar-refractivity contribution is 7.09. The van der Waals surface area contributed by atoms with Gasteiger partial charge in [0, 0.05) is 58.3 Å². The lowest BCUT2D eigenvalue weighted by atomic mass is 9.83. The van der Waals surface area contributed by atoms with E-state index >= 15 is 0 Å². The molecule has 3 aromatic rings. The van der Waals surface area contributed by atoms with Crippen molar-refractivity contribution in [2.45, 2.75) is 143 Å². The van der Waals surface area contributed by atoms with Crippen LogP contribution < -0.4 is 5.32 Å². The first kappa shape index (κ1) is 52.7. The monoisotopic (exact) mass is 902 g/mol. The zero-order chi connectivity index (χ0) is 47.1. The van der Waals surface area contributed by atoms with Crippen molar-refractivity contribution in [1.29, 1.82) is 0 Å². The molecular weight excluding hydrogens is 823 g/mol. The van der Waals surface area contributed by atoms with E-state index in [0.717, 1.165) is 42.8 Å². The molecule has 2 aromatic carbocycles. The van der Waals surface area contributed by atoms with Crippen LogP contribution in [-0.2, 0) is 47.9 Å². The Morgan fingerprint density at radius 2 is 1.55 bits per heavy atom. The molecule has 9 atom stereocenters.